The number of hydrogen-bond donors (Lipinski definition) is 0. The number of rotatable bonds is 6. The molecular weight excluding hydrogens is 412 g/mol. The zero-order chi connectivity index (χ0) is 21.0. The first-order valence-electron chi connectivity index (χ1n) is 9.52. The van der Waals surface area contributed by atoms with Gasteiger partial charge >= 0.3 is 0 Å². The summed E-state index contributed by atoms with van der Waals surface area (Å²) in [6.45, 7) is 3.10. The van der Waals surface area contributed by atoms with Crippen LogP contribution in [0.1, 0.15) is 19.8 Å². The largest absolute Gasteiger partial charge is 0.495 e. The number of carbonyl (C=O) groups is 1. The molecule has 0 saturated carbocycles. The summed E-state index contributed by atoms with van der Waals surface area (Å²) < 4.78 is 33.0. The number of carbonyl (C=O) groups excluding carboxylic acids is 1. The highest BCUT2D eigenvalue weighted by molar-refractivity contribution is 7.92. The van der Waals surface area contributed by atoms with Crippen molar-refractivity contribution in [2.75, 3.05) is 31.0 Å². The van der Waals surface area contributed by atoms with Crippen LogP contribution >= 0.6 is 11.6 Å². The second-order valence-corrected chi connectivity index (χ2v) is 9.50. The third-order valence-electron chi connectivity index (χ3n) is 5.04. The second-order valence-electron chi connectivity index (χ2n) is 7.23. The average molecular weight is 437 g/mol. The average Bonchev–Trinajstić information content (AvgIpc) is 2.72. The molecule has 3 rings (SSSR count). The number of halogens is 1. The molecule has 0 unspecified atom stereocenters. The highest BCUT2D eigenvalue weighted by atomic mass is 35.5. The number of sulfonamides is 1. The monoisotopic (exact) mass is 436 g/mol. The molecule has 2 aromatic carbocycles. The Morgan fingerprint density at radius 2 is 1.97 bits per heavy atom. The third-order valence-corrected chi connectivity index (χ3v) is 7.13. The van der Waals surface area contributed by atoms with Crippen LogP contribution in [0.5, 0.6) is 5.75 Å². The zero-order valence-electron chi connectivity index (χ0n) is 16.5. The maximum absolute atomic E-state index is 13.4. The molecule has 0 bridgehead atoms. The van der Waals surface area contributed by atoms with Gasteiger partial charge in [0.2, 0.25) is 5.91 Å². The number of anilines is 1. The first kappa shape index (κ1) is 21.5. The quantitative estimate of drug-likeness (QED) is 0.690. The van der Waals surface area contributed by atoms with Gasteiger partial charge < -0.3 is 9.64 Å². The fourth-order valence-corrected chi connectivity index (χ4v) is 5.16. The van der Waals surface area contributed by atoms with Crippen LogP contribution < -0.4 is 9.04 Å². The molecule has 2 aromatic rings. The molecule has 1 aliphatic heterocycles. The van der Waals surface area contributed by atoms with Crippen molar-refractivity contribution < 1.29 is 17.9 Å². The van der Waals surface area contributed by atoms with Crippen LogP contribution in [0.15, 0.2) is 53.4 Å². The Morgan fingerprint density at radius 3 is 2.59 bits per heavy atom. The summed E-state index contributed by atoms with van der Waals surface area (Å²) in [4.78, 5) is 14.8. The lowest BCUT2D eigenvalue weighted by molar-refractivity contribution is -0.131. The van der Waals surface area contributed by atoms with Crippen molar-refractivity contribution in [1.29, 1.82) is 0 Å². The molecule has 8 heteroatoms. The Morgan fingerprint density at radius 1 is 1.24 bits per heavy atom. The van der Waals surface area contributed by atoms with E-state index < -0.39 is 10.0 Å². The van der Waals surface area contributed by atoms with E-state index in [-0.39, 0.29) is 22.4 Å². The van der Waals surface area contributed by atoms with E-state index in [9.17, 15) is 13.2 Å². The van der Waals surface area contributed by atoms with Crippen LogP contribution in [0, 0.1) is 5.92 Å². The molecule has 0 aliphatic carbocycles. The summed E-state index contributed by atoms with van der Waals surface area (Å²) >= 11 is 6.23. The van der Waals surface area contributed by atoms with E-state index in [4.69, 9.17) is 16.3 Å². The summed E-state index contributed by atoms with van der Waals surface area (Å²) in [5.41, 5.74) is 0.318. The highest BCUT2D eigenvalue weighted by Crippen LogP contribution is 2.32. The summed E-state index contributed by atoms with van der Waals surface area (Å²) in [6.07, 6.45) is 2.00. The van der Waals surface area contributed by atoms with E-state index in [0.29, 0.717) is 30.4 Å². The van der Waals surface area contributed by atoms with Crippen molar-refractivity contribution in [3.63, 3.8) is 0 Å². The molecule has 0 spiro atoms. The van der Waals surface area contributed by atoms with Gasteiger partial charge in [-0.05, 0) is 49.1 Å². The number of amides is 1. The van der Waals surface area contributed by atoms with Gasteiger partial charge in [-0.1, -0.05) is 36.7 Å². The van der Waals surface area contributed by atoms with Gasteiger partial charge in [0.05, 0.1) is 22.7 Å². The molecule has 0 aromatic heterocycles. The number of hydrogen-bond acceptors (Lipinski definition) is 4. The lowest BCUT2D eigenvalue weighted by atomic mass is 10.0. The van der Waals surface area contributed by atoms with E-state index in [1.54, 1.807) is 35.2 Å². The van der Waals surface area contributed by atoms with Gasteiger partial charge in [-0.25, -0.2) is 8.42 Å². The number of methoxy groups -OCH3 is 1. The third kappa shape index (κ3) is 4.85. The lowest BCUT2D eigenvalue weighted by Gasteiger charge is -2.33. The molecule has 1 aliphatic rings. The fourth-order valence-electron chi connectivity index (χ4n) is 3.48. The van der Waals surface area contributed by atoms with Gasteiger partial charge in [0, 0.05) is 13.1 Å². The molecule has 1 amide bonds. The van der Waals surface area contributed by atoms with Gasteiger partial charge in [-0.3, -0.25) is 9.10 Å². The molecule has 6 nitrogen and oxygen atoms in total. The van der Waals surface area contributed by atoms with E-state index in [0.717, 1.165) is 17.1 Å². The predicted molar refractivity (Wildman–Crippen MR) is 114 cm³/mol. The molecule has 1 saturated heterocycles. The summed E-state index contributed by atoms with van der Waals surface area (Å²) in [6, 6.07) is 12.8. The predicted octanol–water partition coefficient (Wildman–Crippen LogP) is 3.80. The van der Waals surface area contributed by atoms with E-state index in [1.807, 2.05) is 0 Å². The SMILES string of the molecule is COc1ccc(N(CC(=O)N2CCC[C@H](C)C2)S(=O)(=O)c2ccccc2)cc1Cl. The molecule has 0 radical (unpaired) electrons. The Balaban J connectivity index is 1.97. The van der Waals surface area contributed by atoms with Crippen LogP contribution in [0.3, 0.4) is 0 Å². The van der Waals surface area contributed by atoms with Crippen molar-refractivity contribution in [2.24, 2.45) is 5.92 Å². The standard InChI is InChI=1S/C21H25ClN2O4S/c1-16-7-6-12-23(14-16)21(25)15-24(17-10-11-20(28-2)19(22)13-17)29(26,27)18-8-4-3-5-9-18/h3-5,8-11,13,16H,6-7,12,14-15H2,1-2H3/t16-/m0/s1. The Labute approximate surface area is 177 Å². The van der Waals surface area contributed by atoms with Gasteiger partial charge in [0.1, 0.15) is 12.3 Å². The maximum Gasteiger partial charge on any atom is 0.264 e. The second kappa shape index (κ2) is 9.05. The Bertz CT molecular complexity index is 966. The molecule has 29 heavy (non-hydrogen) atoms. The number of likely N-dealkylation sites (tertiary alicyclic amines) is 1. The zero-order valence-corrected chi connectivity index (χ0v) is 18.1. The summed E-state index contributed by atoms with van der Waals surface area (Å²) in [5, 5.41) is 0.275. The number of piperidine rings is 1. The Kier molecular flexibility index (Phi) is 6.70. The van der Waals surface area contributed by atoms with Crippen LogP contribution in [-0.4, -0.2) is 46.0 Å². The fraction of sp³-hybridized carbons (Fsp3) is 0.381. The number of nitrogens with zero attached hydrogens (tertiary/aromatic N) is 2. The topological polar surface area (TPSA) is 66.9 Å². The first-order valence-corrected chi connectivity index (χ1v) is 11.3. The van der Waals surface area contributed by atoms with E-state index in [1.165, 1.54) is 25.3 Å². The first-order chi connectivity index (χ1) is 13.8. The van der Waals surface area contributed by atoms with E-state index >= 15 is 0 Å². The lowest BCUT2D eigenvalue weighted by Crippen LogP contribution is -2.46. The van der Waals surface area contributed by atoms with E-state index in [2.05, 4.69) is 6.92 Å². The summed E-state index contributed by atoms with van der Waals surface area (Å²) in [5.74, 6) is 0.619. The Hall–Kier alpha value is -2.25. The van der Waals surface area contributed by atoms with Crippen molar-refractivity contribution in [1.82, 2.24) is 4.90 Å². The van der Waals surface area contributed by atoms with Gasteiger partial charge in [-0.15, -0.1) is 0 Å². The normalized spacial score (nSPS) is 17.1. The number of ether oxygens (including phenoxy) is 1. The van der Waals surface area contributed by atoms with Crippen molar-refractivity contribution in [3.05, 3.63) is 53.6 Å². The van der Waals surface area contributed by atoms with Crippen LogP contribution in [0.2, 0.25) is 5.02 Å². The van der Waals surface area contributed by atoms with Crippen molar-refractivity contribution in [2.45, 2.75) is 24.7 Å². The highest BCUT2D eigenvalue weighted by Gasteiger charge is 2.30. The molecule has 1 fully saturated rings. The smallest absolute Gasteiger partial charge is 0.264 e. The molecule has 1 atom stereocenters. The van der Waals surface area contributed by atoms with Crippen LogP contribution in [0.4, 0.5) is 5.69 Å². The van der Waals surface area contributed by atoms with Gasteiger partial charge in [0.25, 0.3) is 10.0 Å². The van der Waals surface area contributed by atoms with Gasteiger partial charge in [0.15, 0.2) is 0 Å². The maximum atomic E-state index is 13.4. The van der Waals surface area contributed by atoms with Crippen LogP contribution in [-0.2, 0) is 14.8 Å². The summed E-state index contributed by atoms with van der Waals surface area (Å²) in [7, 11) is -2.46. The van der Waals surface area contributed by atoms with Crippen molar-refractivity contribution in [3.8, 4) is 5.75 Å². The van der Waals surface area contributed by atoms with Crippen molar-refractivity contribution >= 4 is 33.2 Å². The minimum absolute atomic E-state index is 0.117. The molecule has 0 N–H and O–H groups in total. The molecule has 1 heterocycles. The van der Waals surface area contributed by atoms with Gasteiger partial charge in [-0.2, -0.15) is 0 Å². The van der Waals surface area contributed by atoms with Crippen LogP contribution in [0.25, 0.3) is 0 Å². The molecular formula is C21H25ClN2O4S. The number of benzene rings is 2. The minimum Gasteiger partial charge on any atom is -0.495 e. The minimum atomic E-state index is -3.95. The molecule has 156 valence electrons.